The lowest BCUT2D eigenvalue weighted by atomic mass is 10.1. The van der Waals surface area contributed by atoms with Crippen molar-refractivity contribution in [3.8, 4) is 17.0 Å². The standard InChI is InChI=1S/C34H28N2O2/c1-2-20-35-32(27-16-10-5-11-17-27)22-30-29-21-28(38-24-26-14-8-4-9-15-26)18-19-31(29)36(33(30)34(35)37)23-25-12-6-3-7-13-25/h2-19,21-22H,1,20,23-24H2. The van der Waals surface area contributed by atoms with Crippen LogP contribution in [-0.2, 0) is 19.7 Å². The molecule has 0 aliphatic heterocycles. The highest BCUT2D eigenvalue weighted by Gasteiger charge is 2.19. The van der Waals surface area contributed by atoms with Crippen LogP contribution in [0.3, 0.4) is 0 Å². The van der Waals surface area contributed by atoms with Crippen molar-refractivity contribution in [3.05, 3.63) is 149 Å². The van der Waals surface area contributed by atoms with Gasteiger partial charge in [0.25, 0.3) is 5.56 Å². The molecule has 0 aliphatic rings. The maximum atomic E-state index is 14.2. The third-order valence-corrected chi connectivity index (χ3v) is 6.91. The fourth-order valence-electron chi connectivity index (χ4n) is 5.11. The fourth-order valence-corrected chi connectivity index (χ4v) is 5.11. The summed E-state index contributed by atoms with van der Waals surface area (Å²) < 4.78 is 10.1. The van der Waals surface area contributed by atoms with Crippen molar-refractivity contribution in [2.24, 2.45) is 0 Å². The number of rotatable bonds is 8. The first-order chi connectivity index (χ1) is 18.7. The zero-order valence-electron chi connectivity index (χ0n) is 21.1. The van der Waals surface area contributed by atoms with Gasteiger partial charge >= 0.3 is 0 Å². The number of fused-ring (bicyclic) bond motifs is 3. The third-order valence-electron chi connectivity index (χ3n) is 6.91. The molecule has 0 radical (unpaired) electrons. The molecule has 38 heavy (non-hydrogen) atoms. The van der Waals surface area contributed by atoms with Crippen LogP contribution in [0, 0.1) is 0 Å². The smallest absolute Gasteiger partial charge is 0.275 e. The van der Waals surface area contributed by atoms with Gasteiger partial charge in [0, 0.05) is 29.4 Å². The average molecular weight is 497 g/mol. The predicted octanol–water partition coefficient (Wildman–Crippen LogP) is 7.44. The normalized spacial score (nSPS) is 11.2. The van der Waals surface area contributed by atoms with Gasteiger partial charge in [-0.2, -0.15) is 0 Å². The van der Waals surface area contributed by atoms with Gasteiger partial charge in [0.15, 0.2) is 0 Å². The molecular weight excluding hydrogens is 468 g/mol. The number of pyridine rings is 1. The van der Waals surface area contributed by atoms with Crippen LogP contribution in [-0.4, -0.2) is 9.13 Å². The minimum Gasteiger partial charge on any atom is -0.489 e. The van der Waals surface area contributed by atoms with E-state index < -0.39 is 0 Å². The van der Waals surface area contributed by atoms with E-state index in [0.29, 0.717) is 25.2 Å². The quantitative estimate of drug-likeness (QED) is 0.205. The summed E-state index contributed by atoms with van der Waals surface area (Å²) in [6.45, 7) is 5.43. The Morgan fingerprint density at radius 3 is 2.05 bits per heavy atom. The first-order valence-electron chi connectivity index (χ1n) is 12.8. The van der Waals surface area contributed by atoms with Gasteiger partial charge in [-0.05, 0) is 41.0 Å². The Hall–Kier alpha value is -4.83. The summed E-state index contributed by atoms with van der Waals surface area (Å²) in [6.07, 6.45) is 1.78. The predicted molar refractivity (Wildman–Crippen MR) is 156 cm³/mol. The van der Waals surface area contributed by atoms with Crippen molar-refractivity contribution in [1.29, 1.82) is 0 Å². The molecule has 0 bridgehead atoms. The Labute approximate surface area is 221 Å². The van der Waals surface area contributed by atoms with Gasteiger partial charge in [0.2, 0.25) is 0 Å². The summed E-state index contributed by atoms with van der Waals surface area (Å²) in [6, 6.07) is 38.7. The molecule has 0 N–H and O–H groups in total. The SMILES string of the molecule is C=CCn1c(-c2ccccc2)cc2c3cc(OCc4ccccc4)ccc3n(Cc3ccccc3)c2c1=O. The summed E-state index contributed by atoms with van der Waals surface area (Å²) in [5.41, 5.74) is 5.77. The Bertz CT molecular complexity index is 1780. The minimum atomic E-state index is -0.0276. The van der Waals surface area contributed by atoms with E-state index in [4.69, 9.17) is 4.74 Å². The van der Waals surface area contributed by atoms with Crippen molar-refractivity contribution < 1.29 is 4.74 Å². The number of hydrogen-bond donors (Lipinski definition) is 0. The lowest BCUT2D eigenvalue weighted by molar-refractivity contribution is 0.306. The second-order valence-electron chi connectivity index (χ2n) is 9.39. The molecule has 0 fully saturated rings. The molecule has 4 nitrogen and oxygen atoms in total. The van der Waals surface area contributed by atoms with Gasteiger partial charge in [-0.25, -0.2) is 0 Å². The zero-order chi connectivity index (χ0) is 25.9. The number of aromatic nitrogens is 2. The summed E-state index contributed by atoms with van der Waals surface area (Å²) in [7, 11) is 0. The highest BCUT2D eigenvalue weighted by Crippen LogP contribution is 2.34. The van der Waals surface area contributed by atoms with E-state index in [2.05, 4.69) is 53.6 Å². The lowest BCUT2D eigenvalue weighted by Gasteiger charge is -2.14. The van der Waals surface area contributed by atoms with Gasteiger partial charge in [-0.3, -0.25) is 4.79 Å². The molecule has 186 valence electrons. The first kappa shape index (κ1) is 23.6. The molecule has 0 spiro atoms. The van der Waals surface area contributed by atoms with Crippen LogP contribution >= 0.6 is 0 Å². The summed E-state index contributed by atoms with van der Waals surface area (Å²) in [4.78, 5) is 14.2. The second kappa shape index (κ2) is 10.3. The molecule has 0 unspecified atom stereocenters. The first-order valence-corrected chi connectivity index (χ1v) is 12.8. The van der Waals surface area contributed by atoms with Crippen molar-refractivity contribution in [1.82, 2.24) is 9.13 Å². The van der Waals surface area contributed by atoms with Crippen LogP contribution in [0.5, 0.6) is 5.75 Å². The van der Waals surface area contributed by atoms with Gasteiger partial charge in [0.05, 0.1) is 5.69 Å². The fraction of sp³-hybridized carbons (Fsp3) is 0.0882. The van der Waals surface area contributed by atoms with Crippen molar-refractivity contribution in [2.45, 2.75) is 19.7 Å². The van der Waals surface area contributed by atoms with Crippen LogP contribution < -0.4 is 10.3 Å². The number of hydrogen-bond acceptors (Lipinski definition) is 2. The topological polar surface area (TPSA) is 36.2 Å². The van der Waals surface area contributed by atoms with Gasteiger partial charge in [-0.15, -0.1) is 6.58 Å². The maximum Gasteiger partial charge on any atom is 0.275 e. The summed E-state index contributed by atoms with van der Waals surface area (Å²) >= 11 is 0. The Kier molecular flexibility index (Phi) is 6.37. The molecule has 0 saturated heterocycles. The Morgan fingerprint density at radius 2 is 1.37 bits per heavy atom. The van der Waals surface area contributed by atoms with Crippen LogP contribution in [0.1, 0.15) is 11.1 Å². The monoisotopic (exact) mass is 496 g/mol. The molecule has 2 heterocycles. The largest absolute Gasteiger partial charge is 0.489 e. The van der Waals surface area contributed by atoms with E-state index in [9.17, 15) is 4.79 Å². The molecule has 0 aliphatic carbocycles. The van der Waals surface area contributed by atoms with E-state index in [-0.39, 0.29) is 5.56 Å². The summed E-state index contributed by atoms with van der Waals surface area (Å²) in [5.74, 6) is 0.775. The van der Waals surface area contributed by atoms with Gasteiger partial charge in [-0.1, -0.05) is 97.1 Å². The van der Waals surface area contributed by atoms with Crippen LogP contribution in [0.15, 0.2) is 133 Å². The van der Waals surface area contributed by atoms with Crippen LogP contribution in [0.2, 0.25) is 0 Å². The van der Waals surface area contributed by atoms with E-state index in [1.54, 1.807) is 6.08 Å². The highest BCUT2D eigenvalue weighted by atomic mass is 16.5. The van der Waals surface area contributed by atoms with Crippen LogP contribution in [0.25, 0.3) is 33.1 Å². The van der Waals surface area contributed by atoms with Gasteiger partial charge in [0.1, 0.15) is 17.9 Å². The average Bonchev–Trinajstić information content (AvgIpc) is 3.27. The zero-order valence-corrected chi connectivity index (χ0v) is 21.1. The van der Waals surface area contributed by atoms with E-state index in [0.717, 1.165) is 44.4 Å². The van der Waals surface area contributed by atoms with Crippen molar-refractivity contribution >= 4 is 21.8 Å². The molecule has 4 aromatic carbocycles. The van der Waals surface area contributed by atoms with E-state index in [1.807, 2.05) is 77.4 Å². The van der Waals surface area contributed by atoms with Gasteiger partial charge < -0.3 is 13.9 Å². The molecule has 0 saturated carbocycles. The third kappa shape index (κ3) is 4.41. The second-order valence-corrected chi connectivity index (χ2v) is 9.39. The molecule has 0 atom stereocenters. The number of ether oxygens (including phenoxy) is 1. The summed E-state index contributed by atoms with van der Waals surface area (Å²) in [5, 5.41) is 1.92. The molecule has 2 aromatic heterocycles. The Balaban J connectivity index is 1.58. The minimum absolute atomic E-state index is 0.0276. The van der Waals surface area contributed by atoms with E-state index in [1.165, 1.54) is 0 Å². The lowest BCUT2D eigenvalue weighted by Crippen LogP contribution is -2.23. The highest BCUT2D eigenvalue weighted by molar-refractivity contribution is 6.09. The molecule has 4 heteroatoms. The number of benzene rings is 4. The maximum absolute atomic E-state index is 14.2. The molecule has 6 rings (SSSR count). The van der Waals surface area contributed by atoms with E-state index >= 15 is 0 Å². The van der Waals surface area contributed by atoms with Crippen LogP contribution in [0.4, 0.5) is 0 Å². The molecular formula is C34H28N2O2. The van der Waals surface area contributed by atoms with Crippen molar-refractivity contribution in [3.63, 3.8) is 0 Å². The number of nitrogens with zero attached hydrogens (tertiary/aromatic N) is 2. The Morgan fingerprint density at radius 1 is 0.711 bits per heavy atom. The number of allylic oxidation sites excluding steroid dienone is 1. The molecule has 0 amide bonds. The van der Waals surface area contributed by atoms with Crippen molar-refractivity contribution in [2.75, 3.05) is 0 Å². The molecule has 6 aromatic rings.